The van der Waals surface area contributed by atoms with E-state index in [0.717, 1.165) is 11.1 Å². The molecule has 3 aromatic carbocycles. The predicted molar refractivity (Wildman–Crippen MR) is 148 cm³/mol. The molecule has 0 bridgehead atoms. The van der Waals surface area contributed by atoms with Crippen LogP contribution in [0.25, 0.3) is 6.08 Å². The molecule has 1 aliphatic rings. The van der Waals surface area contributed by atoms with Gasteiger partial charge in [-0.1, -0.05) is 59.3 Å². The Kier molecular flexibility index (Phi) is 8.05. The van der Waals surface area contributed by atoms with Crippen molar-refractivity contribution in [1.82, 2.24) is 0 Å². The average Bonchev–Trinajstić information content (AvgIpc) is 3.11. The molecular weight excluding hydrogens is 591 g/mol. The molecule has 0 radical (unpaired) electrons. The largest absolute Gasteiger partial charge is 0.493 e. The highest BCUT2D eigenvalue weighted by atomic mass is 79.9. The maximum Gasteiger partial charge on any atom is 0.270 e. The van der Waals surface area contributed by atoms with Gasteiger partial charge in [0.15, 0.2) is 15.8 Å². The van der Waals surface area contributed by atoms with Crippen LogP contribution in [0.1, 0.15) is 16.7 Å². The van der Waals surface area contributed by atoms with Crippen molar-refractivity contribution in [1.29, 1.82) is 5.26 Å². The molecule has 35 heavy (non-hydrogen) atoms. The van der Waals surface area contributed by atoms with Gasteiger partial charge in [0.25, 0.3) is 5.91 Å². The standard InChI is InChI=1S/C25H15BrCl2N2O3S2/c1-32-21-9-16(8-18(26)23(21)33-13-15-4-2-14(12-29)3-5-15)10-22-24(31)30(25(34)35-22)20-7-6-17(27)11-19(20)28/h2-11H,13H2,1H3/b22-10-. The van der Waals surface area contributed by atoms with Crippen molar-refractivity contribution < 1.29 is 14.3 Å². The molecular formula is C25H15BrCl2N2O3S2. The van der Waals surface area contributed by atoms with Gasteiger partial charge in [0.1, 0.15) is 6.61 Å². The zero-order chi connectivity index (χ0) is 25.1. The topological polar surface area (TPSA) is 62.6 Å². The molecule has 1 saturated heterocycles. The van der Waals surface area contributed by atoms with Crippen LogP contribution in [-0.2, 0) is 11.4 Å². The first-order valence-corrected chi connectivity index (χ1v) is 12.8. The third-order valence-electron chi connectivity index (χ3n) is 4.96. The number of hydrogen-bond acceptors (Lipinski definition) is 6. The fourth-order valence-corrected chi connectivity index (χ4v) is 5.64. The lowest BCUT2D eigenvalue weighted by molar-refractivity contribution is -0.113. The van der Waals surface area contributed by atoms with Crippen molar-refractivity contribution in [3.63, 3.8) is 0 Å². The number of nitrogens with zero attached hydrogens (tertiary/aromatic N) is 2. The van der Waals surface area contributed by atoms with Gasteiger partial charge >= 0.3 is 0 Å². The van der Waals surface area contributed by atoms with E-state index < -0.39 is 0 Å². The van der Waals surface area contributed by atoms with Crippen LogP contribution in [0.15, 0.2) is 64.0 Å². The first kappa shape index (κ1) is 25.5. The highest BCUT2D eigenvalue weighted by Crippen LogP contribution is 2.42. The molecule has 1 fully saturated rings. The SMILES string of the molecule is COc1cc(/C=C2\SC(=S)N(c3ccc(Cl)cc3Cl)C2=O)cc(Br)c1OCc1ccc(C#N)cc1. The fourth-order valence-electron chi connectivity index (χ4n) is 3.28. The number of hydrogen-bond donors (Lipinski definition) is 0. The number of thioether (sulfide) groups is 1. The van der Waals surface area contributed by atoms with Crippen LogP contribution in [0.4, 0.5) is 5.69 Å². The molecule has 3 aromatic rings. The van der Waals surface area contributed by atoms with Crippen LogP contribution < -0.4 is 14.4 Å². The molecule has 0 atom stereocenters. The van der Waals surface area contributed by atoms with Gasteiger partial charge in [0.2, 0.25) is 0 Å². The third kappa shape index (κ3) is 5.66. The second-order valence-corrected chi connectivity index (χ2v) is 10.6. The van der Waals surface area contributed by atoms with Crippen molar-refractivity contribution in [2.75, 3.05) is 12.0 Å². The minimum Gasteiger partial charge on any atom is -0.493 e. The normalized spacial score (nSPS) is 14.4. The molecule has 0 N–H and O–H groups in total. The second kappa shape index (κ2) is 11.0. The number of benzene rings is 3. The van der Waals surface area contributed by atoms with E-state index in [4.69, 9.17) is 50.2 Å². The lowest BCUT2D eigenvalue weighted by Gasteiger charge is -2.16. The van der Waals surface area contributed by atoms with Crippen LogP contribution in [0, 0.1) is 11.3 Å². The van der Waals surface area contributed by atoms with Crippen LogP contribution in [0.2, 0.25) is 10.0 Å². The van der Waals surface area contributed by atoms with Gasteiger partial charge < -0.3 is 9.47 Å². The number of carbonyl (C=O) groups excluding carboxylic acids is 1. The molecule has 0 unspecified atom stereocenters. The van der Waals surface area contributed by atoms with E-state index in [9.17, 15) is 4.79 Å². The highest BCUT2D eigenvalue weighted by Gasteiger charge is 2.34. The summed E-state index contributed by atoms with van der Waals surface area (Å²) in [5.41, 5.74) is 2.70. The summed E-state index contributed by atoms with van der Waals surface area (Å²) in [5, 5.41) is 9.75. The van der Waals surface area contributed by atoms with Gasteiger partial charge in [-0.05, 0) is 75.6 Å². The van der Waals surface area contributed by atoms with Gasteiger partial charge in [0.05, 0.1) is 38.8 Å². The zero-order valence-electron chi connectivity index (χ0n) is 18.1. The van der Waals surface area contributed by atoms with Gasteiger partial charge in [-0.15, -0.1) is 0 Å². The number of methoxy groups -OCH3 is 1. The molecule has 0 saturated carbocycles. The zero-order valence-corrected chi connectivity index (χ0v) is 22.8. The van der Waals surface area contributed by atoms with E-state index in [2.05, 4.69) is 22.0 Å². The molecule has 5 nitrogen and oxygen atoms in total. The van der Waals surface area contributed by atoms with E-state index in [1.165, 1.54) is 16.7 Å². The maximum atomic E-state index is 13.1. The van der Waals surface area contributed by atoms with Gasteiger partial charge in [-0.3, -0.25) is 9.69 Å². The number of thiocarbonyl (C=S) groups is 1. The number of rotatable bonds is 6. The van der Waals surface area contributed by atoms with E-state index in [0.29, 0.717) is 53.1 Å². The van der Waals surface area contributed by atoms with Gasteiger partial charge in [-0.2, -0.15) is 5.26 Å². The molecule has 1 aliphatic heterocycles. The van der Waals surface area contributed by atoms with Crippen molar-refractivity contribution in [2.24, 2.45) is 0 Å². The minimum absolute atomic E-state index is 0.277. The molecule has 176 valence electrons. The summed E-state index contributed by atoms with van der Waals surface area (Å²) in [7, 11) is 1.54. The van der Waals surface area contributed by atoms with E-state index in [1.807, 2.05) is 18.2 Å². The predicted octanol–water partition coefficient (Wildman–Crippen LogP) is 7.62. The molecule has 1 heterocycles. The number of carbonyl (C=O) groups is 1. The first-order valence-electron chi connectivity index (χ1n) is 10.0. The first-order chi connectivity index (χ1) is 16.8. The Bertz CT molecular complexity index is 1410. The third-order valence-corrected chi connectivity index (χ3v) is 7.39. The number of amides is 1. The van der Waals surface area contributed by atoms with Gasteiger partial charge in [-0.25, -0.2) is 0 Å². The van der Waals surface area contributed by atoms with Gasteiger partial charge in [0, 0.05) is 5.02 Å². The Morgan fingerprint density at radius 2 is 1.91 bits per heavy atom. The van der Waals surface area contributed by atoms with Crippen molar-refractivity contribution in [2.45, 2.75) is 6.61 Å². The van der Waals surface area contributed by atoms with Crippen LogP contribution in [0.3, 0.4) is 0 Å². The lowest BCUT2D eigenvalue weighted by Crippen LogP contribution is -2.27. The summed E-state index contributed by atoms with van der Waals surface area (Å²) in [5.74, 6) is 0.741. The number of halogens is 3. The Balaban J connectivity index is 1.57. The Labute approximate surface area is 230 Å². The van der Waals surface area contributed by atoms with E-state index in [1.54, 1.807) is 49.6 Å². The van der Waals surface area contributed by atoms with E-state index in [-0.39, 0.29) is 5.91 Å². The monoisotopic (exact) mass is 604 g/mol. The number of anilines is 1. The van der Waals surface area contributed by atoms with Crippen molar-refractivity contribution >= 4 is 85.1 Å². The summed E-state index contributed by atoms with van der Waals surface area (Å²) in [4.78, 5) is 15.0. The molecule has 10 heteroatoms. The second-order valence-electron chi connectivity index (χ2n) is 7.24. The summed E-state index contributed by atoms with van der Waals surface area (Å²) in [6.45, 7) is 0.292. The number of ether oxygens (including phenoxy) is 2. The lowest BCUT2D eigenvalue weighted by atomic mass is 10.1. The van der Waals surface area contributed by atoms with Crippen molar-refractivity contribution in [3.8, 4) is 17.6 Å². The maximum absolute atomic E-state index is 13.1. The number of nitriles is 1. The fraction of sp³-hybridized carbons (Fsp3) is 0.0800. The molecule has 0 aromatic heterocycles. The smallest absolute Gasteiger partial charge is 0.270 e. The summed E-state index contributed by atoms with van der Waals surface area (Å²) < 4.78 is 12.5. The molecule has 1 amide bonds. The average molecular weight is 606 g/mol. The Morgan fingerprint density at radius 3 is 2.57 bits per heavy atom. The van der Waals surface area contributed by atoms with Crippen molar-refractivity contribution in [3.05, 3.63) is 90.7 Å². The molecule has 4 rings (SSSR count). The highest BCUT2D eigenvalue weighted by molar-refractivity contribution is 9.10. The van der Waals surface area contributed by atoms with Crippen LogP contribution in [0.5, 0.6) is 11.5 Å². The Morgan fingerprint density at radius 1 is 1.17 bits per heavy atom. The molecule has 0 spiro atoms. The molecule has 0 aliphatic carbocycles. The van der Waals surface area contributed by atoms with Crippen LogP contribution in [-0.4, -0.2) is 17.3 Å². The van der Waals surface area contributed by atoms with E-state index >= 15 is 0 Å². The summed E-state index contributed by atoms with van der Waals surface area (Å²) >= 11 is 22.4. The quantitative estimate of drug-likeness (QED) is 0.213. The summed E-state index contributed by atoms with van der Waals surface area (Å²) in [6, 6.07) is 17.7. The Hall–Kier alpha value is -2.54. The van der Waals surface area contributed by atoms with Crippen LogP contribution >= 0.6 is 63.1 Å². The summed E-state index contributed by atoms with van der Waals surface area (Å²) in [6.07, 6.45) is 1.74. The minimum atomic E-state index is -0.277.